The van der Waals surface area contributed by atoms with E-state index in [-0.39, 0.29) is 23.4 Å². The Bertz CT molecular complexity index is 1660. The number of aromatic nitrogens is 5. The minimum Gasteiger partial charge on any atom is -0.477 e. The van der Waals surface area contributed by atoms with Crippen LogP contribution in [0.3, 0.4) is 0 Å². The Labute approximate surface area is 246 Å². The van der Waals surface area contributed by atoms with Gasteiger partial charge in [-0.25, -0.2) is 4.79 Å². The number of benzene rings is 2. The number of carbonyl (C=O) groups excluding carboxylic acids is 2. The van der Waals surface area contributed by atoms with E-state index >= 15 is 0 Å². The molecule has 1 saturated carbocycles. The Morgan fingerprint density at radius 3 is 2.64 bits per heavy atom. The summed E-state index contributed by atoms with van der Waals surface area (Å²) in [5, 5.41) is 24.8. The average molecular weight is 588 g/mol. The van der Waals surface area contributed by atoms with Gasteiger partial charge in [-0.15, -0.1) is 5.10 Å². The van der Waals surface area contributed by atoms with Gasteiger partial charge in [-0.3, -0.25) is 9.59 Å². The second-order valence-corrected chi connectivity index (χ2v) is 11.3. The number of H-pyrrole nitrogens is 1. The number of likely N-dealkylation sites (tertiary alicyclic amines) is 1. The van der Waals surface area contributed by atoms with Crippen LogP contribution in [0, 0.1) is 11.8 Å². The maximum Gasteiger partial charge on any atom is 0.352 e. The first kappa shape index (κ1) is 27.6. The highest BCUT2D eigenvalue weighted by Crippen LogP contribution is 2.39. The molecule has 1 aliphatic heterocycles. The maximum atomic E-state index is 13.9. The Hall–Kier alpha value is -4.51. The van der Waals surface area contributed by atoms with Gasteiger partial charge >= 0.3 is 5.97 Å². The van der Waals surface area contributed by atoms with E-state index in [9.17, 15) is 19.5 Å². The Balaban J connectivity index is 1.26. The first-order valence-corrected chi connectivity index (χ1v) is 14.4. The molecule has 6 rings (SSSR count). The van der Waals surface area contributed by atoms with E-state index in [1.54, 1.807) is 47.4 Å². The summed E-state index contributed by atoms with van der Waals surface area (Å²) in [7, 11) is 0. The van der Waals surface area contributed by atoms with Crippen molar-refractivity contribution < 1.29 is 19.5 Å². The lowest BCUT2D eigenvalue weighted by Crippen LogP contribution is -2.47. The lowest BCUT2D eigenvalue weighted by atomic mass is 9.76. The van der Waals surface area contributed by atoms with E-state index in [0.29, 0.717) is 45.3 Å². The molecular formula is C30H30ClN7O4. The van der Waals surface area contributed by atoms with Crippen molar-refractivity contribution in [3.63, 3.8) is 0 Å². The summed E-state index contributed by atoms with van der Waals surface area (Å²) in [5.74, 6) is -1.12. The maximum absolute atomic E-state index is 13.9. The third kappa shape index (κ3) is 5.64. The second kappa shape index (κ2) is 11.8. The molecule has 2 atom stereocenters. The van der Waals surface area contributed by atoms with Crippen molar-refractivity contribution in [2.24, 2.45) is 11.8 Å². The molecule has 4 aromatic rings. The van der Waals surface area contributed by atoms with Gasteiger partial charge in [0, 0.05) is 39.8 Å². The zero-order valence-electron chi connectivity index (χ0n) is 22.7. The number of fused-ring (bicyclic) bond motifs is 1. The molecule has 1 aliphatic carbocycles. The number of carbonyl (C=O) groups is 3. The molecule has 0 bridgehead atoms. The van der Waals surface area contributed by atoms with Crippen LogP contribution in [0.1, 0.15) is 54.6 Å². The fraction of sp³-hybridized carbons (Fsp3) is 0.333. The number of nitrogens with one attached hydrogen (secondary N) is 2. The molecule has 0 unspecified atom stereocenters. The highest BCUT2D eigenvalue weighted by molar-refractivity contribution is 6.30. The van der Waals surface area contributed by atoms with Crippen LogP contribution in [0.15, 0.2) is 54.9 Å². The number of halogens is 1. The number of aromatic carboxylic acids is 1. The van der Waals surface area contributed by atoms with Gasteiger partial charge in [-0.1, -0.05) is 43.7 Å². The van der Waals surface area contributed by atoms with Gasteiger partial charge in [-0.2, -0.15) is 4.68 Å². The number of tetrazole rings is 1. The number of nitrogens with zero attached hydrogens (tertiary/aromatic N) is 5. The summed E-state index contributed by atoms with van der Waals surface area (Å²) >= 11 is 6.25. The van der Waals surface area contributed by atoms with E-state index in [0.717, 1.165) is 32.1 Å². The van der Waals surface area contributed by atoms with Crippen LogP contribution < -0.4 is 5.32 Å². The first-order valence-electron chi connectivity index (χ1n) is 14.1. The summed E-state index contributed by atoms with van der Waals surface area (Å²) in [5.41, 5.74) is 2.61. The van der Waals surface area contributed by atoms with Crippen molar-refractivity contribution in [1.82, 2.24) is 30.1 Å². The van der Waals surface area contributed by atoms with Gasteiger partial charge < -0.3 is 20.3 Å². The number of rotatable bonds is 7. The molecule has 2 fully saturated rings. The third-order valence-corrected chi connectivity index (χ3v) is 8.60. The van der Waals surface area contributed by atoms with Crippen molar-refractivity contribution in [1.29, 1.82) is 0 Å². The third-order valence-electron chi connectivity index (χ3n) is 8.36. The van der Waals surface area contributed by atoms with Crippen LogP contribution in [0.2, 0.25) is 5.02 Å². The molecule has 11 nitrogen and oxygen atoms in total. The number of carboxylic acid groups (broad SMARTS) is 1. The first-order chi connectivity index (χ1) is 20.4. The summed E-state index contributed by atoms with van der Waals surface area (Å²) in [6.45, 7) is 0.483. The summed E-state index contributed by atoms with van der Waals surface area (Å²) in [6.07, 6.45) is 10.9. The van der Waals surface area contributed by atoms with Gasteiger partial charge in [0.15, 0.2) is 0 Å². The number of hydrogen-bond donors (Lipinski definition) is 3. The number of carboxylic acids is 1. The fourth-order valence-electron chi connectivity index (χ4n) is 6.39. The molecule has 2 aromatic carbocycles. The number of hydrogen-bond acceptors (Lipinski definition) is 6. The molecule has 3 N–H and O–H groups in total. The summed E-state index contributed by atoms with van der Waals surface area (Å²) in [4.78, 5) is 43.4. The number of anilines is 1. The molecular weight excluding hydrogens is 558 g/mol. The molecule has 1 saturated heterocycles. The standard InChI is InChI=1S/C30H30ClN7O4/c31-21-7-10-26(38-17-32-35-36-38)19(14-21)6-11-27(39)37-13-12-23(18-4-2-1-3-5-18)28(37)29(40)33-22-8-9-24-20(15-22)16-25(34-24)30(41)42/h6-11,14-18,23,28,34H,1-5,12-13H2,(H,33,40)(H,41,42)/b11-6+/t23-,28-/m0/s1. The predicted octanol–water partition coefficient (Wildman–Crippen LogP) is 4.94. The molecule has 42 heavy (non-hydrogen) atoms. The van der Waals surface area contributed by atoms with Crippen molar-refractivity contribution in [2.75, 3.05) is 11.9 Å². The van der Waals surface area contributed by atoms with Crippen LogP contribution in [-0.2, 0) is 9.59 Å². The Morgan fingerprint density at radius 2 is 1.88 bits per heavy atom. The van der Waals surface area contributed by atoms with Gasteiger partial charge in [0.2, 0.25) is 11.8 Å². The minimum absolute atomic E-state index is 0.0557. The quantitative estimate of drug-likeness (QED) is 0.259. The van der Waals surface area contributed by atoms with E-state index < -0.39 is 12.0 Å². The van der Waals surface area contributed by atoms with E-state index in [2.05, 4.69) is 25.8 Å². The van der Waals surface area contributed by atoms with Crippen LogP contribution in [0.25, 0.3) is 22.7 Å². The minimum atomic E-state index is -1.05. The topological polar surface area (TPSA) is 146 Å². The van der Waals surface area contributed by atoms with Crippen LogP contribution in [0.4, 0.5) is 5.69 Å². The zero-order chi connectivity index (χ0) is 29.2. The van der Waals surface area contributed by atoms with Crippen molar-refractivity contribution in [3.8, 4) is 5.69 Å². The largest absolute Gasteiger partial charge is 0.477 e. The predicted molar refractivity (Wildman–Crippen MR) is 157 cm³/mol. The fourth-order valence-corrected chi connectivity index (χ4v) is 6.57. The number of aromatic amines is 1. The lowest BCUT2D eigenvalue weighted by Gasteiger charge is -2.33. The SMILES string of the molecule is O=C(O)c1cc2cc(NC(=O)[C@@H]3[C@H](C4CCCCC4)CCN3C(=O)/C=C/c3cc(Cl)ccc3-n3cnnn3)ccc2[nH]1. The second-order valence-electron chi connectivity index (χ2n) is 10.9. The van der Waals surface area contributed by atoms with Crippen LogP contribution in [-0.4, -0.2) is 65.6 Å². The summed E-state index contributed by atoms with van der Waals surface area (Å²) < 4.78 is 1.49. The lowest BCUT2D eigenvalue weighted by molar-refractivity contribution is -0.134. The van der Waals surface area contributed by atoms with Crippen LogP contribution >= 0.6 is 11.6 Å². The molecule has 0 spiro atoms. The van der Waals surface area contributed by atoms with E-state index in [4.69, 9.17) is 11.6 Å². The summed E-state index contributed by atoms with van der Waals surface area (Å²) in [6, 6.07) is 11.4. The monoisotopic (exact) mass is 587 g/mol. The van der Waals surface area contributed by atoms with E-state index in [1.165, 1.54) is 29.6 Å². The molecule has 216 valence electrons. The smallest absolute Gasteiger partial charge is 0.352 e. The van der Waals surface area contributed by atoms with Gasteiger partial charge in [0.25, 0.3) is 0 Å². The van der Waals surface area contributed by atoms with Gasteiger partial charge in [0.1, 0.15) is 18.1 Å². The van der Waals surface area contributed by atoms with Gasteiger partial charge in [0.05, 0.1) is 5.69 Å². The van der Waals surface area contributed by atoms with Gasteiger partial charge in [-0.05, 0) is 77.2 Å². The number of amides is 2. The molecule has 2 aromatic heterocycles. The molecule has 12 heteroatoms. The molecule has 3 heterocycles. The highest BCUT2D eigenvalue weighted by Gasteiger charge is 2.44. The van der Waals surface area contributed by atoms with Crippen molar-refractivity contribution in [3.05, 3.63) is 71.1 Å². The highest BCUT2D eigenvalue weighted by atomic mass is 35.5. The van der Waals surface area contributed by atoms with Crippen molar-refractivity contribution in [2.45, 2.75) is 44.6 Å². The molecule has 2 amide bonds. The Kier molecular flexibility index (Phi) is 7.75. The van der Waals surface area contributed by atoms with E-state index in [1.807, 2.05) is 0 Å². The molecule has 0 radical (unpaired) electrons. The Morgan fingerprint density at radius 1 is 1.05 bits per heavy atom. The zero-order valence-corrected chi connectivity index (χ0v) is 23.5. The molecule has 2 aliphatic rings. The average Bonchev–Trinajstić information content (AvgIpc) is 3.76. The normalized spacial score (nSPS) is 19.5. The van der Waals surface area contributed by atoms with Crippen molar-refractivity contribution >= 4 is 52.1 Å². The van der Waals surface area contributed by atoms with Crippen LogP contribution in [0.5, 0.6) is 0 Å².